The first-order valence-electron chi connectivity index (χ1n) is 6.87. The minimum atomic E-state index is 0.0557. The summed E-state index contributed by atoms with van der Waals surface area (Å²) in [4.78, 5) is 14.5. The number of nitrogens with two attached hydrogens (primary N) is 1. The van der Waals surface area contributed by atoms with Crippen molar-refractivity contribution < 1.29 is 4.79 Å². The molecule has 0 aliphatic carbocycles. The van der Waals surface area contributed by atoms with Crippen LogP contribution in [0.3, 0.4) is 0 Å². The Hall–Kier alpha value is -0.620. The van der Waals surface area contributed by atoms with Gasteiger partial charge in [-0.25, -0.2) is 0 Å². The van der Waals surface area contributed by atoms with Crippen LogP contribution in [0.25, 0.3) is 0 Å². The molecule has 2 unspecified atom stereocenters. The molecule has 2 rings (SSSR count). The summed E-state index contributed by atoms with van der Waals surface area (Å²) < 4.78 is 1.17. The predicted molar refractivity (Wildman–Crippen MR) is 85.9 cm³/mol. The molecule has 4 heteroatoms. The fourth-order valence-corrected chi connectivity index (χ4v) is 3.34. The van der Waals surface area contributed by atoms with Gasteiger partial charge in [-0.1, -0.05) is 12.1 Å². The van der Waals surface area contributed by atoms with E-state index < -0.39 is 0 Å². The van der Waals surface area contributed by atoms with Crippen LogP contribution in [0.1, 0.15) is 31.7 Å². The molecular weight excluding hydrogens is 351 g/mol. The first-order valence-corrected chi connectivity index (χ1v) is 7.95. The predicted octanol–water partition coefficient (Wildman–Crippen LogP) is 2.56. The molecule has 104 valence electrons. The third-order valence-electron chi connectivity index (χ3n) is 3.72. The molecule has 0 aromatic heterocycles. The second-order valence-electron chi connectivity index (χ2n) is 5.32. The van der Waals surface area contributed by atoms with E-state index in [-0.39, 0.29) is 18.0 Å². The van der Waals surface area contributed by atoms with E-state index in [1.807, 2.05) is 30.0 Å². The molecule has 0 spiro atoms. The van der Waals surface area contributed by atoms with Gasteiger partial charge in [-0.05, 0) is 66.5 Å². The van der Waals surface area contributed by atoms with Gasteiger partial charge in [0, 0.05) is 22.2 Å². The van der Waals surface area contributed by atoms with Gasteiger partial charge in [-0.15, -0.1) is 0 Å². The van der Waals surface area contributed by atoms with E-state index in [1.54, 1.807) is 0 Å². The van der Waals surface area contributed by atoms with E-state index in [0.717, 1.165) is 24.9 Å². The van der Waals surface area contributed by atoms with E-state index in [9.17, 15) is 4.79 Å². The molecule has 1 amide bonds. The maximum absolute atomic E-state index is 12.5. The fraction of sp³-hybridized carbons (Fsp3) is 0.533. The summed E-state index contributed by atoms with van der Waals surface area (Å²) in [7, 11) is 0. The van der Waals surface area contributed by atoms with Crippen molar-refractivity contribution in [1.29, 1.82) is 0 Å². The number of benzene rings is 1. The standard InChI is InChI=1S/C15H21IN2O/c1-11(17)14-7-2-3-8-18(14)15(19)10-12-5-4-6-13(16)9-12/h4-6,9,11,14H,2-3,7-8,10,17H2,1H3. The highest BCUT2D eigenvalue weighted by Gasteiger charge is 2.28. The number of likely N-dealkylation sites (tertiary alicyclic amines) is 1. The minimum absolute atomic E-state index is 0.0557. The number of halogens is 1. The Labute approximate surface area is 128 Å². The zero-order valence-electron chi connectivity index (χ0n) is 11.3. The monoisotopic (exact) mass is 372 g/mol. The summed E-state index contributed by atoms with van der Waals surface area (Å²) in [5.41, 5.74) is 7.11. The zero-order valence-corrected chi connectivity index (χ0v) is 13.5. The molecule has 1 aliphatic rings. The smallest absolute Gasteiger partial charge is 0.227 e. The van der Waals surface area contributed by atoms with Gasteiger partial charge < -0.3 is 10.6 Å². The maximum atomic E-state index is 12.5. The molecule has 2 atom stereocenters. The number of amides is 1. The van der Waals surface area contributed by atoms with E-state index in [1.165, 1.54) is 9.99 Å². The second-order valence-corrected chi connectivity index (χ2v) is 6.56. The molecule has 2 N–H and O–H groups in total. The van der Waals surface area contributed by atoms with Crippen molar-refractivity contribution in [2.75, 3.05) is 6.54 Å². The van der Waals surface area contributed by atoms with Crippen LogP contribution < -0.4 is 5.73 Å². The zero-order chi connectivity index (χ0) is 13.8. The average Bonchev–Trinajstić information content (AvgIpc) is 2.38. The van der Waals surface area contributed by atoms with Crippen molar-refractivity contribution in [1.82, 2.24) is 4.90 Å². The average molecular weight is 372 g/mol. The van der Waals surface area contributed by atoms with E-state index in [4.69, 9.17) is 5.73 Å². The van der Waals surface area contributed by atoms with Crippen molar-refractivity contribution >= 4 is 28.5 Å². The Kier molecular flexibility index (Phi) is 5.21. The Morgan fingerprint density at radius 3 is 3.00 bits per heavy atom. The van der Waals surface area contributed by atoms with Crippen molar-refractivity contribution in [2.45, 2.75) is 44.7 Å². The molecule has 3 nitrogen and oxygen atoms in total. The Morgan fingerprint density at radius 2 is 2.32 bits per heavy atom. The highest BCUT2D eigenvalue weighted by Crippen LogP contribution is 2.20. The van der Waals surface area contributed by atoms with Crippen LogP contribution in [-0.2, 0) is 11.2 Å². The molecular formula is C15H21IN2O. The van der Waals surface area contributed by atoms with Crippen LogP contribution in [0.2, 0.25) is 0 Å². The van der Waals surface area contributed by atoms with Crippen LogP contribution in [-0.4, -0.2) is 29.4 Å². The number of hydrogen-bond acceptors (Lipinski definition) is 2. The van der Waals surface area contributed by atoms with E-state index >= 15 is 0 Å². The lowest BCUT2D eigenvalue weighted by molar-refractivity contribution is -0.134. The first-order chi connectivity index (χ1) is 9.08. The molecule has 1 heterocycles. The second kappa shape index (κ2) is 6.70. The van der Waals surface area contributed by atoms with Gasteiger partial charge in [0.15, 0.2) is 0 Å². The normalized spacial score (nSPS) is 21.2. The lowest BCUT2D eigenvalue weighted by Crippen LogP contribution is -2.52. The summed E-state index contributed by atoms with van der Waals surface area (Å²) in [6, 6.07) is 8.40. The lowest BCUT2D eigenvalue weighted by Gasteiger charge is -2.38. The Bertz CT molecular complexity index is 448. The summed E-state index contributed by atoms with van der Waals surface area (Å²) in [5, 5.41) is 0. The first kappa shape index (κ1) is 14.8. The largest absolute Gasteiger partial charge is 0.338 e. The molecule has 1 saturated heterocycles. The quantitative estimate of drug-likeness (QED) is 0.830. The van der Waals surface area contributed by atoms with Gasteiger partial charge in [0.25, 0.3) is 0 Å². The van der Waals surface area contributed by atoms with Crippen molar-refractivity contribution in [2.24, 2.45) is 5.73 Å². The Balaban J connectivity index is 2.05. The fourth-order valence-electron chi connectivity index (χ4n) is 2.74. The minimum Gasteiger partial charge on any atom is -0.338 e. The summed E-state index contributed by atoms with van der Waals surface area (Å²) in [6.07, 6.45) is 3.80. The molecule has 1 aliphatic heterocycles. The summed E-state index contributed by atoms with van der Waals surface area (Å²) >= 11 is 2.28. The molecule has 0 bridgehead atoms. The SMILES string of the molecule is CC(N)C1CCCCN1C(=O)Cc1cccc(I)c1. The number of carbonyl (C=O) groups is 1. The maximum Gasteiger partial charge on any atom is 0.227 e. The van der Waals surface area contributed by atoms with Crippen LogP contribution in [0, 0.1) is 3.57 Å². The summed E-state index contributed by atoms with van der Waals surface area (Å²) in [5.74, 6) is 0.212. The third-order valence-corrected chi connectivity index (χ3v) is 4.39. The Morgan fingerprint density at radius 1 is 1.53 bits per heavy atom. The van der Waals surface area contributed by atoms with E-state index in [0.29, 0.717) is 6.42 Å². The lowest BCUT2D eigenvalue weighted by atomic mass is 9.96. The van der Waals surface area contributed by atoms with Crippen LogP contribution in [0.4, 0.5) is 0 Å². The highest BCUT2D eigenvalue weighted by atomic mass is 127. The molecule has 1 aromatic carbocycles. The van der Waals surface area contributed by atoms with Crippen LogP contribution >= 0.6 is 22.6 Å². The third kappa shape index (κ3) is 3.92. The van der Waals surface area contributed by atoms with Gasteiger partial charge in [-0.3, -0.25) is 4.79 Å². The van der Waals surface area contributed by atoms with Gasteiger partial charge in [0.1, 0.15) is 0 Å². The highest BCUT2D eigenvalue weighted by molar-refractivity contribution is 14.1. The number of carbonyl (C=O) groups excluding carboxylic acids is 1. The molecule has 0 radical (unpaired) electrons. The number of rotatable bonds is 3. The topological polar surface area (TPSA) is 46.3 Å². The van der Waals surface area contributed by atoms with E-state index in [2.05, 4.69) is 28.7 Å². The van der Waals surface area contributed by atoms with Gasteiger partial charge in [-0.2, -0.15) is 0 Å². The summed E-state index contributed by atoms with van der Waals surface area (Å²) in [6.45, 7) is 2.86. The van der Waals surface area contributed by atoms with Gasteiger partial charge >= 0.3 is 0 Å². The van der Waals surface area contributed by atoms with Crippen molar-refractivity contribution in [3.8, 4) is 0 Å². The number of hydrogen-bond donors (Lipinski definition) is 1. The number of piperidine rings is 1. The van der Waals surface area contributed by atoms with Crippen molar-refractivity contribution in [3.05, 3.63) is 33.4 Å². The molecule has 1 aromatic rings. The molecule has 0 saturated carbocycles. The van der Waals surface area contributed by atoms with Crippen molar-refractivity contribution in [3.63, 3.8) is 0 Å². The van der Waals surface area contributed by atoms with Crippen LogP contribution in [0.5, 0.6) is 0 Å². The van der Waals surface area contributed by atoms with Crippen LogP contribution in [0.15, 0.2) is 24.3 Å². The van der Waals surface area contributed by atoms with Gasteiger partial charge in [0.05, 0.1) is 6.42 Å². The number of nitrogens with zero attached hydrogens (tertiary/aromatic N) is 1. The molecule has 1 fully saturated rings. The van der Waals surface area contributed by atoms with Gasteiger partial charge in [0.2, 0.25) is 5.91 Å². The molecule has 19 heavy (non-hydrogen) atoms.